The Kier molecular flexibility index (Phi) is 7.89. The van der Waals surface area contributed by atoms with Crippen LogP contribution in [0.5, 0.6) is 0 Å². The van der Waals surface area contributed by atoms with E-state index in [1.807, 2.05) is 4.90 Å². The molecule has 0 amide bonds. The SMILES string of the molecule is CCC[CH]N(COC)COC. The van der Waals surface area contributed by atoms with Gasteiger partial charge in [-0.2, -0.15) is 0 Å². The van der Waals surface area contributed by atoms with Crippen LogP contribution in [0.4, 0.5) is 0 Å². The van der Waals surface area contributed by atoms with Crippen molar-refractivity contribution in [3.8, 4) is 0 Å². The molecule has 3 heteroatoms. The van der Waals surface area contributed by atoms with E-state index in [1.54, 1.807) is 14.2 Å². The average molecular weight is 160 g/mol. The number of methoxy groups -OCH3 is 2. The summed E-state index contributed by atoms with van der Waals surface area (Å²) in [6, 6.07) is 0. The van der Waals surface area contributed by atoms with E-state index in [2.05, 4.69) is 13.5 Å². The van der Waals surface area contributed by atoms with Crippen molar-refractivity contribution in [1.29, 1.82) is 0 Å². The lowest BCUT2D eigenvalue weighted by Gasteiger charge is -2.18. The summed E-state index contributed by atoms with van der Waals surface area (Å²) in [5.41, 5.74) is 0. The van der Waals surface area contributed by atoms with E-state index in [0.29, 0.717) is 13.5 Å². The average Bonchev–Trinajstić information content (AvgIpc) is 2.01. The topological polar surface area (TPSA) is 21.7 Å². The normalized spacial score (nSPS) is 10.9. The lowest BCUT2D eigenvalue weighted by molar-refractivity contribution is 0.00367. The van der Waals surface area contributed by atoms with E-state index in [4.69, 9.17) is 9.47 Å². The van der Waals surface area contributed by atoms with E-state index in [0.717, 1.165) is 12.8 Å². The highest BCUT2D eigenvalue weighted by molar-refractivity contribution is 4.61. The van der Waals surface area contributed by atoms with Gasteiger partial charge in [-0.3, -0.25) is 4.90 Å². The summed E-state index contributed by atoms with van der Waals surface area (Å²) in [5, 5.41) is 0. The quantitative estimate of drug-likeness (QED) is 0.526. The van der Waals surface area contributed by atoms with Gasteiger partial charge in [-0.25, -0.2) is 0 Å². The molecule has 11 heavy (non-hydrogen) atoms. The zero-order valence-electron chi connectivity index (χ0n) is 7.67. The van der Waals surface area contributed by atoms with Crippen LogP contribution in [0.25, 0.3) is 0 Å². The third-order valence-electron chi connectivity index (χ3n) is 1.27. The van der Waals surface area contributed by atoms with Crippen molar-refractivity contribution < 1.29 is 9.47 Å². The Morgan fingerprint density at radius 3 is 2.09 bits per heavy atom. The molecule has 1 radical (unpaired) electrons. The van der Waals surface area contributed by atoms with Crippen molar-refractivity contribution in [2.24, 2.45) is 0 Å². The molecule has 0 aromatic carbocycles. The van der Waals surface area contributed by atoms with E-state index < -0.39 is 0 Å². The fourth-order valence-corrected chi connectivity index (χ4v) is 0.786. The lowest BCUT2D eigenvalue weighted by Crippen LogP contribution is -2.25. The van der Waals surface area contributed by atoms with Gasteiger partial charge >= 0.3 is 0 Å². The van der Waals surface area contributed by atoms with Crippen LogP contribution < -0.4 is 0 Å². The molecule has 67 valence electrons. The first-order chi connectivity index (χ1) is 5.35. The Hall–Kier alpha value is -0.120. The van der Waals surface area contributed by atoms with Crippen LogP contribution in [-0.4, -0.2) is 32.6 Å². The molecule has 0 bridgehead atoms. The summed E-state index contributed by atoms with van der Waals surface area (Å²) in [4.78, 5) is 2.00. The molecule has 0 aliphatic carbocycles. The third-order valence-corrected chi connectivity index (χ3v) is 1.27. The van der Waals surface area contributed by atoms with Gasteiger partial charge in [0.05, 0.1) is 0 Å². The largest absolute Gasteiger partial charge is 0.369 e. The van der Waals surface area contributed by atoms with Gasteiger partial charge in [-0.05, 0) is 6.42 Å². The van der Waals surface area contributed by atoms with Crippen LogP contribution in [0, 0.1) is 6.54 Å². The molecule has 0 aliphatic rings. The molecular formula is C8H18NO2. The molecule has 0 rings (SSSR count). The second-order valence-electron chi connectivity index (χ2n) is 2.40. The highest BCUT2D eigenvalue weighted by Gasteiger charge is 2.01. The minimum Gasteiger partial charge on any atom is -0.369 e. The first-order valence-electron chi connectivity index (χ1n) is 3.90. The van der Waals surface area contributed by atoms with Gasteiger partial charge < -0.3 is 9.47 Å². The van der Waals surface area contributed by atoms with Crippen LogP contribution in [0.2, 0.25) is 0 Å². The van der Waals surface area contributed by atoms with Crippen molar-refractivity contribution in [2.45, 2.75) is 19.8 Å². The number of unbranched alkanes of at least 4 members (excludes halogenated alkanes) is 1. The fraction of sp³-hybridized carbons (Fsp3) is 0.875. The minimum atomic E-state index is 0.605. The molecule has 0 atom stereocenters. The molecule has 0 aromatic rings. The Labute approximate surface area is 69.3 Å². The Morgan fingerprint density at radius 1 is 1.18 bits per heavy atom. The summed E-state index contributed by atoms with van der Waals surface area (Å²) in [6.45, 7) is 5.46. The maximum absolute atomic E-state index is 4.97. The lowest BCUT2D eigenvalue weighted by atomic mass is 10.3. The van der Waals surface area contributed by atoms with Crippen LogP contribution in [0.3, 0.4) is 0 Å². The molecule has 0 saturated carbocycles. The van der Waals surface area contributed by atoms with Gasteiger partial charge in [0.1, 0.15) is 13.5 Å². The summed E-state index contributed by atoms with van der Waals surface area (Å²) in [6.07, 6.45) is 2.23. The van der Waals surface area contributed by atoms with Gasteiger partial charge in [-0.15, -0.1) is 0 Å². The van der Waals surface area contributed by atoms with E-state index >= 15 is 0 Å². The molecule has 0 heterocycles. The van der Waals surface area contributed by atoms with Gasteiger partial charge in [-0.1, -0.05) is 13.3 Å². The molecule has 0 aliphatic heterocycles. The Morgan fingerprint density at radius 2 is 1.73 bits per heavy atom. The first kappa shape index (κ1) is 10.9. The molecule has 0 aromatic heterocycles. The van der Waals surface area contributed by atoms with Gasteiger partial charge in [0, 0.05) is 20.8 Å². The van der Waals surface area contributed by atoms with Crippen LogP contribution in [-0.2, 0) is 9.47 Å². The summed E-state index contributed by atoms with van der Waals surface area (Å²) < 4.78 is 9.94. The van der Waals surface area contributed by atoms with E-state index in [1.165, 1.54) is 0 Å². The summed E-state index contributed by atoms with van der Waals surface area (Å²) in [5.74, 6) is 0. The fourth-order valence-electron chi connectivity index (χ4n) is 0.786. The van der Waals surface area contributed by atoms with E-state index in [-0.39, 0.29) is 0 Å². The zero-order valence-corrected chi connectivity index (χ0v) is 7.67. The molecule has 0 saturated heterocycles. The minimum absolute atomic E-state index is 0.605. The first-order valence-corrected chi connectivity index (χ1v) is 3.90. The number of hydrogen-bond acceptors (Lipinski definition) is 3. The number of rotatable bonds is 7. The molecule has 0 spiro atoms. The maximum Gasteiger partial charge on any atom is 0.101 e. The van der Waals surface area contributed by atoms with Crippen molar-refractivity contribution in [3.05, 3.63) is 6.54 Å². The summed E-state index contributed by atoms with van der Waals surface area (Å²) >= 11 is 0. The van der Waals surface area contributed by atoms with E-state index in [9.17, 15) is 0 Å². The predicted octanol–water partition coefficient (Wildman–Crippen LogP) is 1.46. The number of nitrogens with zero attached hydrogens (tertiary/aromatic N) is 1. The Bertz CT molecular complexity index is 72.5. The molecule has 0 N–H and O–H groups in total. The molecule has 0 unspecified atom stereocenters. The van der Waals surface area contributed by atoms with Gasteiger partial charge in [0.2, 0.25) is 0 Å². The second kappa shape index (κ2) is 7.98. The molecule has 3 nitrogen and oxygen atoms in total. The Balaban J connectivity index is 3.34. The van der Waals surface area contributed by atoms with Crippen LogP contribution >= 0.6 is 0 Å². The van der Waals surface area contributed by atoms with Gasteiger partial charge in [0.15, 0.2) is 0 Å². The van der Waals surface area contributed by atoms with Gasteiger partial charge in [0.25, 0.3) is 0 Å². The zero-order chi connectivity index (χ0) is 8.53. The molecular weight excluding hydrogens is 142 g/mol. The number of ether oxygens (including phenoxy) is 2. The monoisotopic (exact) mass is 160 g/mol. The highest BCUT2D eigenvalue weighted by atomic mass is 16.5. The van der Waals surface area contributed by atoms with Crippen molar-refractivity contribution in [3.63, 3.8) is 0 Å². The third kappa shape index (κ3) is 6.28. The standard InChI is InChI=1S/C8H18NO2/c1-4-5-6-9(7-10-2)8-11-3/h6H,4-5,7-8H2,1-3H3. The second-order valence-corrected chi connectivity index (χ2v) is 2.40. The predicted molar refractivity (Wildman–Crippen MR) is 44.8 cm³/mol. The number of hydrogen-bond donors (Lipinski definition) is 0. The highest BCUT2D eigenvalue weighted by Crippen LogP contribution is 1.99. The smallest absolute Gasteiger partial charge is 0.101 e. The van der Waals surface area contributed by atoms with Crippen molar-refractivity contribution >= 4 is 0 Å². The van der Waals surface area contributed by atoms with Crippen molar-refractivity contribution in [1.82, 2.24) is 4.90 Å². The van der Waals surface area contributed by atoms with Crippen molar-refractivity contribution in [2.75, 3.05) is 27.7 Å². The summed E-state index contributed by atoms with van der Waals surface area (Å²) in [7, 11) is 3.37. The van der Waals surface area contributed by atoms with Crippen LogP contribution in [0.1, 0.15) is 19.8 Å². The molecule has 0 fully saturated rings. The van der Waals surface area contributed by atoms with Crippen LogP contribution in [0.15, 0.2) is 0 Å². The maximum atomic E-state index is 4.97.